The molecule has 1 atom stereocenters. The van der Waals surface area contributed by atoms with Gasteiger partial charge in [0.25, 0.3) is 11.8 Å². The van der Waals surface area contributed by atoms with E-state index in [0.29, 0.717) is 30.6 Å². The summed E-state index contributed by atoms with van der Waals surface area (Å²) in [6, 6.07) is 6.71. The van der Waals surface area contributed by atoms with Crippen molar-refractivity contribution < 1.29 is 14.4 Å². The average Bonchev–Trinajstić information content (AvgIpc) is 2.76. The first-order valence-corrected chi connectivity index (χ1v) is 7.54. The van der Waals surface area contributed by atoms with Crippen LogP contribution in [-0.4, -0.2) is 41.9 Å². The molecule has 0 aliphatic carbocycles. The van der Waals surface area contributed by atoms with Gasteiger partial charge in [0.15, 0.2) is 0 Å². The number of amides is 4. The smallest absolute Gasteiger partial charge is 0.314 e. The molecule has 6 nitrogen and oxygen atoms in total. The number of imide groups is 1. The van der Waals surface area contributed by atoms with Crippen molar-refractivity contribution in [2.45, 2.75) is 32.7 Å². The van der Waals surface area contributed by atoms with Crippen LogP contribution < -0.4 is 10.6 Å². The monoisotopic (exact) mass is 303 g/mol. The summed E-state index contributed by atoms with van der Waals surface area (Å²) in [7, 11) is 0. The molecule has 1 aromatic carbocycles. The highest BCUT2D eigenvalue weighted by atomic mass is 16.2. The van der Waals surface area contributed by atoms with Gasteiger partial charge in [0.05, 0.1) is 11.1 Å². The van der Waals surface area contributed by atoms with Gasteiger partial charge in [-0.2, -0.15) is 0 Å². The van der Waals surface area contributed by atoms with E-state index >= 15 is 0 Å². The molecule has 0 radical (unpaired) electrons. The summed E-state index contributed by atoms with van der Waals surface area (Å²) < 4.78 is 0. The lowest BCUT2D eigenvalue weighted by molar-refractivity contribution is 0.0653. The van der Waals surface area contributed by atoms with Gasteiger partial charge >= 0.3 is 6.03 Å². The zero-order valence-corrected chi connectivity index (χ0v) is 12.9. The lowest BCUT2D eigenvalue weighted by Gasteiger charge is -2.15. The Bertz CT molecular complexity index is 551. The van der Waals surface area contributed by atoms with Crippen LogP contribution in [0.1, 0.15) is 47.4 Å². The van der Waals surface area contributed by atoms with Crippen LogP contribution >= 0.6 is 0 Å². The number of nitrogens with zero attached hydrogens (tertiary/aromatic N) is 1. The van der Waals surface area contributed by atoms with Crippen molar-refractivity contribution in [2.24, 2.45) is 0 Å². The van der Waals surface area contributed by atoms with Gasteiger partial charge in [-0.05, 0) is 31.9 Å². The van der Waals surface area contributed by atoms with Crippen LogP contribution in [0.4, 0.5) is 4.79 Å². The minimum absolute atomic E-state index is 0.122. The first-order valence-electron chi connectivity index (χ1n) is 7.54. The Morgan fingerprint density at radius 3 is 2.32 bits per heavy atom. The maximum absolute atomic E-state index is 12.1. The summed E-state index contributed by atoms with van der Waals surface area (Å²) in [4.78, 5) is 37.0. The van der Waals surface area contributed by atoms with Gasteiger partial charge in [-0.3, -0.25) is 14.5 Å². The Morgan fingerprint density at radius 1 is 1.18 bits per heavy atom. The highest BCUT2D eigenvalue weighted by molar-refractivity contribution is 6.21. The predicted molar refractivity (Wildman–Crippen MR) is 82.7 cm³/mol. The minimum atomic E-state index is -0.260. The fourth-order valence-corrected chi connectivity index (χ4v) is 2.26. The number of benzene rings is 1. The zero-order chi connectivity index (χ0) is 16.1. The molecule has 22 heavy (non-hydrogen) atoms. The molecule has 1 unspecified atom stereocenters. The van der Waals surface area contributed by atoms with E-state index in [1.165, 1.54) is 4.90 Å². The van der Waals surface area contributed by atoms with Gasteiger partial charge in [-0.25, -0.2) is 4.79 Å². The molecule has 4 amide bonds. The number of hydrogen-bond acceptors (Lipinski definition) is 3. The van der Waals surface area contributed by atoms with E-state index in [1.54, 1.807) is 24.3 Å². The Hall–Kier alpha value is -2.37. The quantitative estimate of drug-likeness (QED) is 0.621. The van der Waals surface area contributed by atoms with Crippen LogP contribution in [0.15, 0.2) is 24.3 Å². The third-order valence-electron chi connectivity index (χ3n) is 3.71. The van der Waals surface area contributed by atoms with Gasteiger partial charge in [-0.15, -0.1) is 0 Å². The van der Waals surface area contributed by atoms with Crippen molar-refractivity contribution in [3.05, 3.63) is 35.4 Å². The summed E-state index contributed by atoms with van der Waals surface area (Å²) in [6.07, 6.45) is 1.39. The lowest BCUT2D eigenvalue weighted by Crippen LogP contribution is -2.41. The molecular weight excluding hydrogens is 282 g/mol. The highest BCUT2D eigenvalue weighted by Crippen LogP contribution is 2.22. The molecule has 1 aromatic rings. The third kappa shape index (κ3) is 3.44. The molecule has 2 rings (SSSR count). The normalized spacial score (nSPS) is 14.7. The molecule has 0 aromatic heterocycles. The largest absolute Gasteiger partial charge is 0.338 e. The van der Waals surface area contributed by atoms with Crippen molar-refractivity contribution in [1.82, 2.24) is 15.5 Å². The second kappa shape index (κ2) is 7.06. The van der Waals surface area contributed by atoms with Gasteiger partial charge in [0.1, 0.15) is 0 Å². The number of carbonyl (C=O) groups excluding carboxylic acids is 3. The van der Waals surface area contributed by atoms with E-state index < -0.39 is 0 Å². The van der Waals surface area contributed by atoms with Crippen LogP contribution in [0, 0.1) is 0 Å². The van der Waals surface area contributed by atoms with Gasteiger partial charge in [0, 0.05) is 19.1 Å². The van der Waals surface area contributed by atoms with Crippen molar-refractivity contribution >= 4 is 17.8 Å². The molecular formula is C16H21N3O3. The summed E-state index contributed by atoms with van der Waals surface area (Å²) in [6.45, 7) is 4.64. The minimum Gasteiger partial charge on any atom is -0.338 e. The molecule has 1 aliphatic heterocycles. The molecule has 2 N–H and O–H groups in total. The molecule has 6 heteroatoms. The number of urea groups is 1. The maximum Gasteiger partial charge on any atom is 0.314 e. The highest BCUT2D eigenvalue weighted by Gasteiger charge is 2.34. The van der Waals surface area contributed by atoms with E-state index in [4.69, 9.17) is 0 Å². The Kier molecular flexibility index (Phi) is 5.14. The van der Waals surface area contributed by atoms with Crippen molar-refractivity contribution in [2.75, 3.05) is 13.1 Å². The van der Waals surface area contributed by atoms with Crippen LogP contribution in [0.25, 0.3) is 0 Å². The van der Waals surface area contributed by atoms with Crippen molar-refractivity contribution in [1.29, 1.82) is 0 Å². The van der Waals surface area contributed by atoms with Crippen molar-refractivity contribution in [3.8, 4) is 0 Å². The van der Waals surface area contributed by atoms with E-state index in [9.17, 15) is 14.4 Å². The molecule has 0 bridgehead atoms. The molecule has 0 fully saturated rings. The number of fused-ring (bicyclic) bond motifs is 1. The molecule has 0 saturated carbocycles. The van der Waals surface area contributed by atoms with Crippen LogP contribution in [0.2, 0.25) is 0 Å². The lowest BCUT2D eigenvalue weighted by atomic mass is 10.1. The van der Waals surface area contributed by atoms with Gasteiger partial charge in [0.2, 0.25) is 0 Å². The van der Waals surface area contributed by atoms with Crippen LogP contribution in [-0.2, 0) is 0 Å². The molecule has 118 valence electrons. The summed E-state index contributed by atoms with van der Waals surface area (Å²) in [5, 5.41) is 5.52. The van der Waals surface area contributed by atoms with E-state index in [-0.39, 0.29) is 23.9 Å². The number of rotatable bonds is 6. The molecule has 1 heterocycles. The fourth-order valence-electron chi connectivity index (χ4n) is 2.26. The summed E-state index contributed by atoms with van der Waals surface area (Å²) in [5.41, 5.74) is 0.907. The van der Waals surface area contributed by atoms with E-state index in [0.717, 1.165) is 6.42 Å². The topological polar surface area (TPSA) is 78.5 Å². The Labute approximate surface area is 129 Å². The second-order valence-corrected chi connectivity index (χ2v) is 5.37. The van der Waals surface area contributed by atoms with Crippen molar-refractivity contribution in [3.63, 3.8) is 0 Å². The van der Waals surface area contributed by atoms with E-state index in [1.807, 2.05) is 13.8 Å². The molecule has 0 spiro atoms. The number of hydrogen-bond donors (Lipinski definition) is 2. The predicted octanol–water partition coefficient (Wildman–Crippen LogP) is 1.77. The zero-order valence-electron chi connectivity index (χ0n) is 12.9. The number of carbonyl (C=O) groups is 3. The third-order valence-corrected chi connectivity index (χ3v) is 3.71. The number of nitrogens with one attached hydrogen (secondary N) is 2. The first-order chi connectivity index (χ1) is 10.5. The standard InChI is InChI=1S/C16H21N3O3/c1-3-11(2)18-16(22)17-9-6-10-19-14(20)12-7-4-5-8-13(12)15(19)21/h4-5,7-8,11H,3,6,9-10H2,1-2H3,(H2,17,18,22). The first kappa shape index (κ1) is 16.0. The van der Waals surface area contributed by atoms with Crippen LogP contribution in [0.3, 0.4) is 0 Å². The molecule has 0 saturated heterocycles. The Morgan fingerprint density at radius 2 is 1.77 bits per heavy atom. The second-order valence-electron chi connectivity index (χ2n) is 5.37. The van der Waals surface area contributed by atoms with E-state index in [2.05, 4.69) is 10.6 Å². The summed E-state index contributed by atoms with van der Waals surface area (Å²) in [5.74, 6) is -0.519. The van der Waals surface area contributed by atoms with Gasteiger partial charge in [-0.1, -0.05) is 19.1 Å². The Balaban J connectivity index is 1.78. The summed E-state index contributed by atoms with van der Waals surface area (Å²) >= 11 is 0. The van der Waals surface area contributed by atoms with Gasteiger partial charge < -0.3 is 10.6 Å². The van der Waals surface area contributed by atoms with Crippen LogP contribution in [0.5, 0.6) is 0 Å². The fraction of sp³-hybridized carbons (Fsp3) is 0.438. The maximum atomic E-state index is 12.1. The molecule has 1 aliphatic rings. The SMILES string of the molecule is CCC(C)NC(=O)NCCCN1C(=O)c2ccccc2C1=O. The average molecular weight is 303 g/mol.